The van der Waals surface area contributed by atoms with Crippen LogP contribution in [0.1, 0.15) is 18.4 Å². The fourth-order valence-corrected chi connectivity index (χ4v) is 3.16. The lowest BCUT2D eigenvalue weighted by molar-refractivity contribution is -0.132. The molecule has 0 N–H and O–H groups in total. The molecule has 0 radical (unpaired) electrons. The monoisotopic (exact) mass is 299 g/mol. The standard InChI is InChI=1S/C17H21N3O2/c18-12-15-3-1-2-4-16(15)19-6-8-20(9-7-19)17(21)11-14-5-10-22-13-14/h1-4,14H,5-11,13H2/t14-/m1/s1. The highest BCUT2D eigenvalue weighted by Gasteiger charge is 2.26. The highest BCUT2D eigenvalue weighted by Crippen LogP contribution is 2.22. The topological polar surface area (TPSA) is 56.6 Å². The van der Waals surface area contributed by atoms with Crippen LogP contribution in [0.5, 0.6) is 0 Å². The van der Waals surface area contributed by atoms with Crippen LogP contribution in [0.3, 0.4) is 0 Å². The van der Waals surface area contributed by atoms with Gasteiger partial charge < -0.3 is 14.5 Å². The summed E-state index contributed by atoms with van der Waals surface area (Å²) >= 11 is 0. The molecule has 0 spiro atoms. The van der Waals surface area contributed by atoms with Gasteiger partial charge in [0.25, 0.3) is 0 Å². The Morgan fingerprint density at radius 1 is 1.27 bits per heavy atom. The first-order chi connectivity index (χ1) is 10.8. The van der Waals surface area contributed by atoms with Crippen LogP contribution in [0.15, 0.2) is 24.3 Å². The van der Waals surface area contributed by atoms with E-state index in [1.807, 2.05) is 29.2 Å². The summed E-state index contributed by atoms with van der Waals surface area (Å²) in [6.45, 7) is 4.54. The number of ether oxygens (including phenoxy) is 1. The first kappa shape index (κ1) is 14.9. The van der Waals surface area contributed by atoms with Crippen LogP contribution in [0.2, 0.25) is 0 Å². The van der Waals surface area contributed by atoms with E-state index in [4.69, 9.17) is 4.74 Å². The summed E-state index contributed by atoms with van der Waals surface area (Å²) in [5.74, 6) is 0.633. The van der Waals surface area contributed by atoms with Crippen molar-refractivity contribution in [3.8, 4) is 6.07 Å². The third-order valence-electron chi connectivity index (χ3n) is 4.48. The van der Waals surface area contributed by atoms with Gasteiger partial charge in [-0.1, -0.05) is 12.1 Å². The van der Waals surface area contributed by atoms with Gasteiger partial charge in [-0.05, 0) is 24.5 Å². The van der Waals surface area contributed by atoms with Crippen molar-refractivity contribution in [1.82, 2.24) is 4.90 Å². The summed E-state index contributed by atoms with van der Waals surface area (Å²) in [5, 5.41) is 9.20. The molecule has 2 aliphatic heterocycles. The molecule has 5 nitrogen and oxygen atoms in total. The Bertz CT molecular complexity index is 568. The molecule has 116 valence electrons. The van der Waals surface area contributed by atoms with E-state index in [9.17, 15) is 10.1 Å². The van der Waals surface area contributed by atoms with Crippen LogP contribution < -0.4 is 4.90 Å². The molecule has 22 heavy (non-hydrogen) atoms. The minimum Gasteiger partial charge on any atom is -0.381 e. The van der Waals surface area contributed by atoms with Crippen LogP contribution >= 0.6 is 0 Å². The number of rotatable bonds is 3. The molecule has 5 heteroatoms. The first-order valence-electron chi connectivity index (χ1n) is 7.87. The molecule has 1 atom stereocenters. The number of benzene rings is 1. The largest absolute Gasteiger partial charge is 0.381 e. The lowest BCUT2D eigenvalue weighted by atomic mass is 10.0. The summed E-state index contributed by atoms with van der Waals surface area (Å²) in [6, 6.07) is 9.89. The van der Waals surface area contributed by atoms with Crippen LogP contribution in [0, 0.1) is 17.2 Å². The zero-order chi connectivity index (χ0) is 15.4. The van der Waals surface area contributed by atoms with Crippen molar-refractivity contribution in [2.45, 2.75) is 12.8 Å². The Morgan fingerprint density at radius 2 is 2.05 bits per heavy atom. The van der Waals surface area contributed by atoms with Crippen LogP contribution in [0.25, 0.3) is 0 Å². The third kappa shape index (κ3) is 3.23. The minimum atomic E-state index is 0.240. The normalized spacial score (nSPS) is 21.7. The summed E-state index contributed by atoms with van der Waals surface area (Å²) in [6.07, 6.45) is 1.61. The molecule has 2 fully saturated rings. The molecule has 0 unspecified atom stereocenters. The molecular formula is C17H21N3O2. The van der Waals surface area contributed by atoms with Crippen molar-refractivity contribution in [3.63, 3.8) is 0 Å². The van der Waals surface area contributed by atoms with Gasteiger partial charge in [0, 0.05) is 45.8 Å². The van der Waals surface area contributed by atoms with Crippen LogP contribution in [0.4, 0.5) is 5.69 Å². The number of para-hydroxylation sites is 1. The van der Waals surface area contributed by atoms with Gasteiger partial charge in [-0.15, -0.1) is 0 Å². The van der Waals surface area contributed by atoms with Crippen molar-refractivity contribution in [2.75, 3.05) is 44.3 Å². The summed E-state index contributed by atoms with van der Waals surface area (Å²) < 4.78 is 5.34. The molecule has 0 aliphatic carbocycles. The maximum absolute atomic E-state index is 12.3. The maximum Gasteiger partial charge on any atom is 0.223 e. The lowest BCUT2D eigenvalue weighted by Gasteiger charge is -2.36. The molecule has 0 saturated carbocycles. The number of anilines is 1. The van der Waals surface area contributed by atoms with E-state index in [1.54, 1.807) is 0 Å². The van der Waals surface area contributed by atoms with Gasteiger partial charge >= 0.3 is 0 Å². The average molecular weight is 299 g/mol. The highest BCUT2D eigenvalue weighted by atomic mass is 16.5. The molecule has 2 saturated heterocycles. The van der Waals surface area contributed by atoms with Gasteiger partial charge in [0.15, 0.2) is 0 Å². The summed E-state index contributed by atoms with van der Waals surface area (Å²) in [4.78, 5) is 16.5. The van der Waals surface area contributed by atoms with E-state index in [2.05, 4.69) is 11.0 Å². The Labute approximate surface area is 131 Å². The van der Waals surface area contributed by atoms with E-state index >= 15 is 0 Å². The van der Waals surface area contributed by atoms with Crippen molar-refractivity contribution in [1.29, 1.82) is 5.26 Å². The van der Waals surface area contributed by atoms with Crippen molar-refractivity contribution >= 4 is 11.6 Å². The molecular weight excluding hydrogens is 278 g/mol. The van der Waals surface area contributed by atoms with Gasteiger partial charge in [0.1, 0.15) is 6.07 Å². The molecule has 3 rings (SSSR count). The number of carbonyl (C=O) groups excluding carboxylic acids is 1. The number of piperazine rings is 1. The van der Waals surface area contributed by atoms with Crippen LogP contribution in [-0.2, 0) is 9.53 Å². The van der Waals surface area contributed by atoms with Gasteiger partial charge in [-0.3, -0.25) is 4.79 Å². The van der Waals surface area contributed by atoms with Gasteiger partial charge in [-0.25, -0.2) is 0 Å². The molecule has 1 aromatic carbocycles. The van der Waals surface area contributed by atoms with Gasteiger partial charge in [0.05, 0.1) is 11.3 Å². The maximum atomic E-state index is 12.3. The number of nitrogens with zero attached hydrogens (tertiary/aromatic N) is 3. The Balaban J connectivity index is 1.56. The Hall–Kier alpha value is -2.06. The molecule has 1 amide bonds. The van der Waals surface area contributed by atoms with E-state index in [0.29, 0.717) is 17.9 Å². The Morgan fingerprint density at radius 3 is 2.73 bits per heavy atom. The fourth-order valence-electron chi connectivity index (χ4n) is 3.16. The predicted octanol–water partition coefficient (Wildman–Crippen LogP) is 1.63. The first-order valence-corrected chi connectivity index (χ1v) is 7.87. The minimum absolute atomic E-state index is 0.240. The number of hydrogen-bond acceptors (Lipinski definition) is 4. The van der Waals surface area contributed by atoms with Crippen LogP contribution in [-0.4, -0.2) is 50.2 Å². The van der Waals surface area contributed by atoms with E-state index in [1.165, 1.54) is 0 Å². The second-order valence-electron chi connectivity index (χ2n) is 5.93. The number of nitriles is 1. The number of carbonyl (C=O) groups is 1. The summed E-state index contributed by atoms with van der Waals surface area (Å²) in [5.41, 5.74) is 1.67. The number of amides is 1. The second-order valence-corrected chi connectivity index (χ2v) is 5.93. The molecule has 1 aromatic rings. The average Bonchev–Trinajstić information content (AvgIpc) is 3.08. The van der Waals surface area contributed by atoms with Crippen molar-refractivity contribution < 1.29 is 9.53 Å². The highest BCUT2D eigenvalue weighted by molar-refractivity contribution is 5.77. The quantitative estimate of drug-likeness (QED) is 0.851. The van der Waals surface area contributed by atoms with Gasteiger partial charge in [-0.2, -0.15) is 5.26 Å². The SMILES string of the molecule is N#Cc1ccccc1N1CCN(C(=O)C[C@H]2CCOC2)CC1. The number of hydrogen-bond donors (Lipinski definition) is 0. The summed E-state index contributed by atoms with van der Waals surface area (Å²) in [7, 11) is 0. The lowest BCUT2D eigenvalue weighted by Crippen LogP contribution is -2.49. The van der Waals surface area contributed by atoms with Crippen molar-refractivity contribution in [3.05, 3.63) is 29.8 Å². The third-order valence-corrected chi connectivity index (χ3v) is 4.48. The molecule has 0 bridgehead atoms. The molecule has 0 aromatic heterocycles. The van der Waals surface area contributed by atoms with Crippen molar-refractivity contribution in [2.24, 2.45) is 5.92 Å². The fraction of sp³-hybridized carbons (Fsp3) is 0.529. The van der Waals surface area contributed by atoms with E-state index in [0.717, 1.165) is 51.5 Å². The Kier molecular flexibility index (Phi) is 4.59. The van der Waals surface area contributed by atoms with E-state index < -0.39 is 0 Å². The zero-order valence-electron chi connectivity index (χ0n) is 12.7. The second kappa shape index (κ2) is 6.80. The van der Waals surface area contributed by atoms with E-state index in [-0.39, 0.29) is 5.91 Å². The molecule has 2 heterocycles. The predicted molar refractivity (Wildman–Crippen MR) is 83.5 cm³/mol. The zero-order valence-corrected chi connectivity index (χ0v) is 12.7. The van der Waals surface area contributed by atoms with Gasteiger partial charge in [0.2, 0.25) is 5.91 Å². The smallest absolute Gasteiger partial charge is 0.223 e. The molecule has 2 aliphatic rings.